The van der Waals surface area contributed by atoms with Gasteiger partial charge in [-0.3, -0.25) is 19.2 Å². The second-order valence-corrected chi connectivity index (χ2v) is 38.1. The van der Waals surface area contributed by atoms with E-state index in [9.17, 15) is 136 Å². The van der Waals surface area contributed by atoms with Crippen LogP contribution in [-0.4, -0.2) is 427 Å². The summed E-state index contributed by atoms with van der Waals surface area (Å²) in [5, 5.41) is 259. The minimum Gasteiger partial charge on any atom is -0.477 e. The van der Waals surface area contributed by atoms with Crippen molar-refractivity contribution in [2.75, 3.05) is 52.9 Å². The van der Waals surface area contributed by atoms with Crippen molar-refractivity contribution >= 4 is 29.6 Å². The molecule has 45 nitrogen and oxygen atoms in total. The van der Waals surface area contributed by atoms with E-state index >= 15 is 0 Å². The molecule has 14 unspecified atom stereocenters. The summed E-state index contributed by atoms with van der Waals surface area (Å²) in [5.41, 5.74) is 0. The van der Waals surface area contributed by atoms with E-state index in [2.05, 4.69) is 47.3 Å². The van der Waals surface area contributed by atoms with Crippen molar-refractivity contribution in [2.45, 2.75) is 492 Å². The number of hydrogen-bond donors (Lipinski definition) is 26. The van der Waals surface area contributed by atoms with Crippen molar-refractivity contribution in [3.8, 4) is 0 Å². The van der Waals surface area contributed by atoms with E-state index in [1.54, 1.807) is 0 Å². The Hall–Kier alpha value is -4.57. The number of aliphatic hydroxyl groups is 21. The molecule has 0 radical (unpaired) electrons. The van der Waals surface area contributed by atoms with Gasteiger partial charge in [-0.15, -0.1) is 0 Å². The van der Waals surface area contributed by atoms with Crippen LogP contribution in [0.1, 0.15) is 259 Å². The summed E-state index contributed by atoms with van der Waals surface area (Å²) < 4.78 is 84.4. The van der Waals surface area contributed by atoms with Crippen LogP contribution < -0.4 is 21.3 Å². The molecule has 7 rings (SSSR count). The standard InChI is InChI=1S/C95H168N4O41/c1-6-8-10-12-14-16-18-20-21-22-23-24-25-26-27-28-29-31-33-35-37-39-41-43-66(112)99-56(57(109)42-40-38-36-34-32-30-19-17-15-13-11-9-7-2)51-127-90-79(122)77(120)83(63(49-104)132-90)136-92-80(123)86(138-91-78(121)76(119)72(115)61(47-102)130-91)73(116)65(134-92)52-128-88-69(98-55(5)108)75(118)82(62(48-103)131-88)135-93-81(124)87(84(64(50-105)133-93)137-89-68(97-54(4)107)74(117)71(114)60(46-101)129-89)140-95(94(125)126)44-58(110)67(96-53(3)106)85(139-95)70(113)59(111)45-100/h20-21,40,42,56-65,67-93,100-105,109-111,113-124H,6-19,22-39,41,43-52H2,1-5H3,(H,96,106)(H,97,107)(H,98,108)(H,99,112)(H,125,126)/b21-20-,42-40+/t56-,57+,58?,59+,60?,61?,62?,63?,64?,65?,67+,68?,69?,70+,71-,72-,73-,74+,75+,76-,77+,78?,79?,80?,81?,82+,83+,84-,85?,86-,87+,88+,89-,90+,91+,92-,93-,95-/m0/s1. The zero-order chi connectivity index (χ0) is 103. The SMILES string of the molecule is CCCCCCCC/C=C\CCCCCCCCCCCCCCCC(=O)N[C@@H](CO[C@@H]1OC(CO)[C@@H](O[C@@H]2OC(CO[C@@H]3OC(CO)[C@@H](O[C@@H]4OC(CO)[C@H](O[C@@H]5OC(CO)[C@H](O)[C@H](O)C5NC(C)=O)[C@H](O[C@]5(C(=O)O)CC(O)[C@@H](NC(C)=O)C([C@H](O)[C@H](O)CO)O5)C4O)[C@H](O)C3NC(C)=O)[C@H](O)[C@H](O[C@H]3OC(CO)[C@H](O)[C@H](O)C3O)C2O)[C@H](O)C1O)[C@H](O)/C=C/CCCCCCCCCCCCC. The fraction of sp³-hybridized carbons (Fsp3) is 0.905. The molecule has 814 valence electrons. The highest BCUT2D eigenvalue weighted by Crippen LogP contribution is 2.42. The Morgan fingerprint density at radius 1 is 0.379 bits per heavy atom. The molecular weight excluding hydrogens is 1850 g/mol. The quantitative estimate of drug-likeness (QED) is 0.0224. The minimum absolute atomic E-state index is 0.118. The summed E-state index contributed by atoms with van der Waals surface area (Å²) in [6.07, 6.45) is -25.1. The number of ether oxygens (including phenoxy) is 14. The number of unbranched alkanes of at least 4 members (excludes halogenated alkanes) is 30. The maximum atomic E-state index is 13.8. The summed E-state index contributed by atoms with van der Waals surface area (Å²) >= 11 is 0. The molecule has 38 atom stereocenters. The normalized spacial score (nSPS) is 35.9. The average Bonchev–Trinajstić information content (AvgIpc) is 0.743. The van der Waals surface area contributed by atoms with E-state index in [0.717, 1.165) is 91.4 Å². The zero-order valence-corrected chi connectivity index (χ0v) is 81.7. The predicted molar refractivity (Wildman–Crippen MR) is 492 cm³/mol. The van der Waals surface area contributed by atoms with E-state index in [1.165, 1.54) is 134 Å². The Bertz CT molecular complexity index is 3500. The Labute approximate surface area is 819 Å². The number of hydrogen-bond acceptors (Lipinski definition) is 40. The molecule has 45 heteroatoms. The van der Waals surface area contributed by atoms with Crippen LogP contribution in [0.5, 0.6) is 0 Å². The van der Waals surface area contributed by atoms with Gasteiger partial charge in [0.15, 0.2) is 37.7 Å². The van der Waals surface area contributed by atoms with Crippen LogP contribution in [0, 0.1) is 0 Å². The molecule has 140 heavy (non-hydrogen) atoms. The van der Waals surface area contributed by atoms with Crippen molar-refractivity contribution < 1.29 is 203 Å². The molecule has 7 heterocycles. The largest absolute Gasteiger partial charge is 0.477 e. The van der Waals surface area contributed by atoms with Gasteiger partial charge in [0.2, 0.25) is 23.6 Å². The van der Waals surface area contributed by atoms with Crippen molar-refractivity contribution in [1.82, 2.24) is 21.3 Å². The number of carboxylic acid groups (broad SMARTS) is 1. The third-order valence-electron chi connectivity index (χ3n) is 26.9. The second kappa shape index (κ2) is 64.6. The van der Waals surface area contributed by atoms with Gasteiger partial charge in [-0.1, -0.05) is 205 Å². The molecule has 0 saturated carbocycles. The van der Waals surface area contributed by atoms with Gasteiger partial charge in [-0.05, 0) is 44.9 Å². The predicted octanol–water partition coefficient (Wildman–Crippen LogP) is -2.35. The van der Waals surface area contributed by atoms with Crippen molar-refractivity contribution in [1.29, 1.82) is 0 Å². The molecule has 26 N–H and O–H groups in total. The van der Waals surface area contributed by atoms with Crippen molar-refractivity contribution in [3.05, 3.63) is 24.3 Å². The van der Waals surface area contributed by atoms with Crippen LogP contribution in [0.3, 0.4) is 0 Å². The van der Waals surface area contributed by atoms with E-state index in [4.69, 9.17) is 66.3 Å². The lowest BCUT2D eigenvalue weighted by Gasteiger charge is -2.52. The molecule has 0 aromatic carbocycles. The van der Waals surface area contributed by atoms with Gasteiger partial charge in [0.1, 0.15) is 165 Å². The number of allylic oxidation sites excluding steroid dienone is 3. The molecule has 0 aromatic heterocycles. The Balaban J connectivity index is 1.07. The summed E-state index contributed by atoms with van der Waals surface area (Å²) in [5.74, 6) is -8.76. The summed E-state index contributed by atoms with van der Waals surface area (Å²) in [6, 6.07) is -6.75. The molecule has 7 aliphatic heterocycles. The molecule has 4 amide bonds. The Morgan fingerprint density at radius 3 is 1.25 bits per heavy atom. The highest BCUT2D eigenvalue weighted by atomic mass is 16.8. The third kappa shape index (κ3) is 37.3. The van der Waals surface area contributed by atoms with Crippen LogP contribution in [0.15, 0.2) is 24.3 Å². The first-order valence-corrected chi connectivity index (χ1v) is 50.7. The lowest BCUT2D eigenvalue weighted by molar-refractivity contribution is -0.399. The fourth-order valence-corrected chi connectivity index (χ4v) is 18.7. The van der Waals surface area contributed by atoms with E-state index in [-0.39, 0.29) is 6.42 Å². The van der Waals surface area contributed by atoms with Crippen molar-refractivity contribution in [3.63, 3.8) is 0 Å². The van der Waals surface area contributed by atoms with Crippen LogP contribution >= 0.6 is 0 Å². The first-order valence-electron chi connectivity index (χ1n) is 50.7. The van der Waals surface area contributed by atoms with Gasteiger partial charge in [-0.25, -0.2) is 4.79 Å². The number of aliphatic hydroxyl groups excluding tert-OH is 21. The zero-order valence-electron chi connectivity index (χ0n) is 81.7. The van der Waals surface area contributed by atoms with Crippen LogP contribution in [-0.2, 0) is 90.3 Å². The average molecular weight is 2020 g/mol. The molecule has 0 aliphatic carbocycles. The van der Waals surface area contributed by atoms with E-state index < -0.39 is 321 Å². The first-order chi connectivity index (χ1) is 67.1. The molecule has 0 bridgehead atoms. The first kappa shape index (κ1) is 122. The monoisotopic (exact) mass is 2020 g/mol. The molecule has 7 saturated heterocycles. The van der Waals surface area contributed by atoms with Crippen LogP contribution in [0.4, 0.5) is 0 Å². The van der Waals surface area contributed by atoms with E-state index in [1.807, 2.05) is 6.08 Å². The maximum absolute atomic E-state index is 13.8. The molecular formula is C95H168N4O41. The fourth-order valence-electron chi connectivity index (χ4n) is 18.7. The van der Waals surface area contributed by atoms with Gasteiger partial charge in [-0.2, -0.15) is 0 Å². The summed E-state index contributed by atoms with van der Waals surface area (Å²) in [6.45, 7) is -1.13. The number of carboxylic acids is 1. The smallest absolute Gasteiger partial charge is 0.364 e. The van der Waals surface area contributed by atoms with E-state index in [0.29, 0.717) is 12.8 Å². The number of carbonyl (C=O) groups is 5. The summed E-state index contributed by atoms with van der Waals surface area (Å²) in [7, 11) is 0. The topological polar surface area (TPSA) is 708 Å². The number of rotatable bonds is 66. The van der Waals surface area contributed by atoms with Gasteiger partial charge in [0.25, 0.3) is 5.79 Å². The van der Waals surface area contributed by atoms with Gasteiger partial charge >= 0.3 is 5.97 Å². The highest BCUT2D eigenvalue weighted by Gasteiger charge is 2.63. The molecule has 0 aromatic rings. The number of aliphatic carboxylic acids is 1. The van der Waals surface area contributed by atoms with Crippen LogP contribution in [0.2, 0.25) is 0 Å². The van der Waals surface area contributed by atoms with Crippen molar-refractivity contribution in [2.24, 2.45) is 0 Å². The van der Waals surface area contributed by atoms with Crippen LogP contribution in [0.25, 0.3) is 0 Å². The second-order valence-electron chi connectivity index (χ2n) is 38.1. The highest BCUT2D eigenvalue weighted by molar-refractivity contribution is 5.77. The number of amides is 4. The molecule has 0 spiro atoms. The summed E-state index contributed by atoms with van der Waals surface area (Å²) in [4.78, 5) is 66.0. The Kier molecular flexibility index (Phi) is 56.5. The Morgan fingerprint density at radius 2 is 0.764 bits per heavy atom. The molecule has 7 fully saturated rings. The minimum atomic E-state index is -3.42. The lowest BCUT2D eigenvalue weighted by atomic mass is 9.88. The number of carbonyl (C=O) groups excluding carboxylic acids is 4. The van der Waals surface area contributed by atoms with Gasteiger partial charge < -0.3 is 200 Å². The lowest BCUT2D eigenvalue weighted by Crippen LogP contribution is -2.72. The van der Waals surface area contributed by atoms with Gasteiger partial charge in [0, 0.05) is 33.6 Å². The van der Waals surface area contributed by atoms with Gasteiger partial charge in [0.05, 0.1) is 77.1 Å². The maximum Gasteiger partial charge on any atom is 0.364 e. The molecule has 7 aliphatic rings. The number of nitrogens with one attached hydrogen (secondary N) is 4. The third-order valence-corrected chi connectivity index (χ3v) is 26.9.